The molecule has 0 radical (unpaired) electrons. The van der Waals surface area contributed by atoms with Gasteiger partial charge in [0.25, 0.3) is 0 Å². The minimum absolute atomic E-state index is 0.204. The van der Waals surface area contributed by atoms with Crippen molar-refractivity contribution in [2.45, 2.75) is 26.3 Å². The fraction of sp³-hybridized carbons (Fsp3) is 0.350. The van der Waals surface area contributed by atoms with Crippen LogP contribution in [0.25, 0.3) is 0 Å². The Bertz CT molecular complexity index is 640. The van der Waals surface area contributed by atoms with Gasteiger partial charge in [0.1, 0.15) is 5.75 Å². The van der Waals surface area contributed by atoms with Crippen LogP contribution in [0.4, 0.5) is 0 Å². The van der Waals surface area contributed by atoms with Crippen LogP contribution in [0.2, 0.25) is 0 Å². The second kappa shape index (κ2) is 9.60. The van der Waals surface area contributed by atoms with E-state index in [1.54, 1.807) is 7.11 Å². The molecule has 2 rings (SSSR count). The number of methoxy groups -OCH3 is 1. The van der Waals surface area contributed by atoms with E-state index in [9.17, 15) is 0 Å². The Labute approximate surface area is 145 Å². The lowest BCUT2D eigenvalue weighted by atomic mass is 10.1. The smallest absolute Gasteiger partial charge is 0.191 e. The molecule has 0 spiro atoms. The van der Waals surface area contributed by atoms with Gasteiger partial charge in [0, 0.05) is 13.1 Å². The predicted molar refractivity (Wildman–Crippen MR) is 101 cm³/mol. The Morgan fingerprint density at radius 1 is 1.08 bits per heavy atom. The van der Waals surface area contributed by atoms with Gasteiger partial charge in [0.05, 0.1) is 13.2 Å². The van der Waals surface area contributed by atoms with Crippen LogP contribution < -0.4 is 15.4 Å². The van der Waals surface area contributed by atoms with E-state index in [-0.39, 0.29) is 6.04 Å². The Kier molecular flexibility index (Phi) is 7.15. The molecule has 2 aromatic carbocycles. The number of hydrogen-bond donors (Lipinski definition) is 2. The summed E-state index contributed by atoms with van der Waals surface area (Å²) in [6.07, 6.45) is 0.848. The van der Waals surface area contributed by atoms with Crippen LogP contribution >= 0.6 is 0 Å². The Morgan fingerprint density at radius 2 is 1.79 bits per heavy atom. The topological polar surface area (TPSA) is 45.7 Å². The monoisotopic (exact) mass is 325 g/mol. The maximum absolute atomic E-state index is 5.39. The average molecular weight is 325 g/mol. The molecule has 0 saturated heterocycles. The van der Waals surface area contributed by atoms with Crippen molar-refractivity contribution in [2.75, 3.05) is 20.2 Å². The summed E-state index contributed by atoms with van der Waals surface area (Å²) >= 11 is 0. The van der Waals surface area contributed by atoms with Gasteiger partial charge in [0.15, 0.2) is 5.96 Å². The van der Waals surface area contributed by atoms with E-state index in [0.717, 1.165) is 24.7 Å². The van der Waals surface area contributed by atoms with Gasteiger partial charge in [-0.05, 0) is 37.5 Å². The summed E-state index contributed by atoms with van der Waals surface area (Å²) in [6.45, 7) is 5.76. The molecule has 0 aliphatic heterocycles. The van der Waals surface area contributed by atoms with Gasteiger partial charge < -0.3 is 15.4 Å². The average Bonchev–Trinajstić information content (AvgIpc) is 2.63. The fourth-order valence-corrected chi connectivity index (χ4v) is 2.55. The van der Waals surface area contributed by atoms with Gasteiger partial charge in [-0.2, -0.15) is 0 Å². The number of ether oxygens (including phenoxy) is 1. The number of rotatable bonds is 7. The fourth-order valence-electron chi connectivity index (χ4n) is 2.55. The SMILES string of the molecule is CCNC(=NCCc1ccccc1OC)NC(C)c1ccccc1. The van der Waals surface area contributed by atoms with Crippen LogP contribution in [0.3, 0.4) is 0 Å². The lowest BCUT2D eigenvalue weighted by Crippen LogP contribution is -2.38. The first kappa shape index (κ1) is 17.9. The minimum atomic E-state index is 0.204. The zero-order chi connectivity index (χ0) is 17.2. The van der Waals surface area contributed by atoms with Crippen molar-refractivity contribution in [3.63, 3.8) is 0 Å². The van der Waals surface area contributed by atoms with E-state index in [1.807, 2.05) is 24.3 Å². The molecule has 2 N–H and O–H groups in total. The second-order valence-electron chi connectivity index (χ2n) is 5.60. The molecule has 0 aliphatic carbocycles. The van der Waals surface area contributed by atoms with Crippen molar-refractivity contribution < 1.29 is 4.74 Å². The number of para-hydroxylation sites is 1. The van der Waals surface area contributed by atoms with E-state index in [0.29, 0.717) is 6.54 Å². The number of hydrogen-bond acceptors (Lipinski definition) is 2. The summed E-state index contributed by atoms with van der Waals surface area (Å²) in [5.41, 5.74) is 2.42. The van der Waals surface area contributed by atoms with Gasteiger partial charge in [0.2, 0.25) is 0 Å². The highest BCUT2D eigenvalue weighted by Gasteiger charge is 2.07. The van der Waals surface area contributed by atoms with Gasteiger partial charge in [-0.15, -0.1) is 0 Å². The molecule has 0 saturated carbocycles. The predicted octanol–water partition coefficient (Wildman–Crippen LogP) is 3.55. The summed E-state index contributed by atoms with van der Waals surface area (Å²) in [4.78, 5) is 4.69. The molecule has 128 valence electrons. The van der Waals surface area contributed by atoms with Crippen molar-refractivity contribution in [1.29, 1.82) is 0 Å². The summed E-state index contributed by atoms with van der Waals surface area (Å²) < 4.78 is 5.39. The molecule has 1 unspecified atom stereocenters. The summed E-state index contributed by atoms with van der Waals surface area (Å²) in [5.74, 6) is 1.76. The van der Waals surface area contributed by atoms with Gasteiger partial charge in [-0.3, -0.25) is 4.99 Å². The van der Waals surface area contributed by atoms with E-state index in [1.165, 1.54) is 11.1 Å². The van der Waals surface area contributed by atoms with Crippen LogP contribution in [-0.4, -0.2) is 26.2 Å². The third-order valence-electron chi connectivity index (χ3n) is 3.84. The Hall–Kier alpha value is -2.49. The summed E-state index contributed by atoms with van der Waals surface area (Å²) in [5, 5.41) is 6.76. The van der Waals surface area contributed by atoms with Crippen LogP contribution in [-0.2, 0) is 6.42 Å². The Balaban J connectivity index is 1.97. The summed E-state index contributed by atoms with van der Waals surface area (Å²) in [7, 11) is 1.70. The van der Waals surface area contributed by atoms with E-state index in [4.69, 9.17) is 4.74 Å². The molecule has 2 aromatic rings. The molecule has 1 atom stereocenters. The molecule has 4 nitrogen and oxygen atoms in total. The highest BCUT2D eigenvalue weighted by molar-refractivity contribution is 5.80. The number of nitrogens with zero attached hydrogens (tertiary/aromatic N) is 1. The first-order valence-electron chi connectivity index (χ1n) is 8.46. The van der Waals surface area contributed by atoms with Gasteiger partial charge in [-0.1, -0.05) is 48.5 Å². The molecule has 0 fully saturated rings. The van der Waals surface area contributed by atoms with Gasteiger partial charge in [-0.25, -0.2) is 0 Å². The van der Waals surface area contributed by atoms with E-state index in [2.05, 4.69) is 59.8 Å². The third kappa shape index (κ3) is 5.30. The zero-order valence-corrected chi connectivity index (χ0v) is 14.8. The molecule has 4 heteroatoms. The van der Waals surface area contributed by atoms with Crippen LogP contribution in [0.1, 0.15) is 31.0 Å². The van der Waals surface area contributed by atoms with E-state index >= 15 is 0 Å². The number of guanidine groups is 1. The molecular formula is C20H27N3O. The standard InChI is InChI=1S/C20H27N3O/c1-4-21-20(23-16(2)17-10-6-5-7-11-17)22-15-14-18-12-8-9-13-19(18)24-3/h5-13,16H,4,14-15H2,1-3H3,(H2,21,22,23). The molecule has 24 heavy (non-hydrogen) atoms. The van der Waals surface area contributed by atoms with Crippen molar-refractivity contribution in [3.8, 4) is 5.75 Å². The van der Waals surface area contributed by atoms with Crippen molar-refractivity contribution in [1.82, 2.24) is 10.6 Å². The molecule has 0 aromatic heterocycles. The molecule has 0 amide bonds. The highest BCUT2D eigenvalue weighted by atomic mass is 16.5. The Morgan fingerprint density at radius 3 is 2.50 bits per heavy atom. The number of benzene rings is 2. The van der Waals surface area contributed by atoms with Crippen LogP contribution in [0, 0.1) is 0 Å². The van der Waals surface area contributed by atoms with Crippen LogP contribution in [0.15, 0.2) is 59.6 Å². The summed E-state index contributed by atoms with van der Waals surface area (Å²) in [6, 6.07) is 18.7. The van der Waals surface area contributed by atoms with Crippen molar-refractivity contribution in [2.24, 2.45) is 4.99 Å². The normalized spacial score (nSPS) is 12.5. The van der Waals surface area contributed by atoms with E-state index < -0.39 is 0 Å². The van der Waals surface area contributed by atoms with Crippen molar-refractivity contribution >= 4 is 5.96 Å². The second-order valence-corrected chi connectivity index (χ2v) is 5.60. The largest absolute Gasteiger partial charge is 0.496 e. The maximum Gasteiger partial charge on any atom is 0.191 e. The molecular weight excluding hydrogens is 298 g/mol. The highest BCUT2D eigenvalue weighted by Crippen LogP contribution is 2.17. The van der Waals surface area contributed by atoms with Crippen molar-refractivity contribution in [3.05, 3.63) is 65.7 Å². The first-order valence-corrected chi connectivity index (χ1v) is 8.46. The molecule has 0 heterocycles. The third-order valence-corrected chi connectivity index (χ3v) is 3.84. The first-order chi connectivity index (χ1) is 11.7. The maximum atomic E-state index is 5.39. The molecule has 0 aliphatic rings. The lowest BCUT2D eigenvalue weighted by molar-refractivity contribution is 0.410. The minimum Gasteiger partial charge on any atom is -0.496 e. The van der Waals surface area contributed by atoms with Crippen LogP contribution in [0.5, 0.6) is 5.75 Å². The lowest BCUT2D eigenvalue weighted by Gasteiger charge is -2.18. The molecule has 0 bridgehead atoms. The number of aliphatic imine (C=N–C) groups is 1. The zero-order valence-electron chi connectivity index (χ0n) is 14.8. The quantitative estimate of drug-likeness (QED) is 0.604. The number of nitrogens with one attached hydrogen (secondary N) is 2. The van der Waals surface area contributed by atoms with Gasteiger partial charge >= 0.3 is 0 Å².